The minimum Gasteiger partial charge on any atom is -0.497 e. The number of hydrogen-bond donors (Lipinski definition) is 0. The fraction of sp³-hybridized carbons (Fsp3) is 0.158. The van der Waals surface area contributed by atoms with Crippen LogP contribution in [-0.4, -0.2) is 24.4 Å². The Labute approximate surface area is 140 Å². The molecule has 1 aromatic heterocycles. The van der Waals surface area contributed by atoms with Crippen LogP contribution in [0.3, 0.4) is 0 Å². The van der Waals surface area contributed by atoms with Crippen molar-refractivity contribution in [2.24, 2.45) is 0 Å². The van der Waals surface area contributed by atoms with Gasteiger partial charge in [-0.25, -0.2) is 0 Å². The number of hydrogen-bond acceptors (Lipinski definition) is 5. The summed E-state index contributed by atoms with van der Waals surface area (Å²) in [6.07, 6.45) is 4.26. The predicted molar refractivity (Wildman–Crippen MR) is 92.0 cm³/mol. The van der Waals surface area contributed by atoms with Crippen LogP contribution in [-0.2, 0) is 6.42 Å². The van der Waals surface area contributed by atoms with Gasteiger partial charge in [0.15, 0.2) is 0 Å². The van der Waals surface area contributed by atoms with Crippen LogP contribution < -0.4 is 9.47 Å². The molecule has 5 heteroatoms. The highest BCUT2D eigenvalue weighted by Gasteiger charge is 2.06. The summed E-state index contributed by atoms with van der Waals surface area (Å²) in [7, 11) is 3.29. The Balaban J connectivity index is 1.69. The Morgan fingerprint density at radius 1 is 0.917 bits per heavy atom. The van der Waals surface area contributed by atoms with Gasteiger partial charge in [-0.2, -0.15) is 0 Å². The van der Waals surface area contributed by atoms with Crippen LogP contribution in [0.25, 0.3) is 12.2 Å². The molecule has 5 nitrogen and oxygen atoms in total. The van der Waals surface area contributed by atoms with Gasteiger partial charge in [-0.3, -0.25) is 0 Å². The Bertz CT molecular complexity index is 823. The second-order valence-electron chi connectivity index (χ2n) is 5.13. The molecular weight excluding hydrogens is 304 g/mol. The van der Waals surface area contributed by atoms with E-state index in [1.165, 1.54) is 0 Å². The molecule has 0 unspecified atom stereocenters. The van der Waals surface area contributed by atoms with E-state index in [2.05, 4.69) is 10.2 Å². The molecule has 0 amide bonds. The third-order valence-electron chi connectivity index (χ3n) is 3.54. The van der Waals surface area contributed by atoms with Crippen molar-refractivity contribution in [2.75, 3.05) is 14.2 Å². The third kappa shape index (κ3) is 3.81. The Hall–Kier alpha value is -3.08. The van der Waals surface area contributed by atoms with Crippen molar-refractivity contribution in [1.29, 1.82) is 0 Å². The van der Waals surface area contributed by atoms with E-state index in [1.54, 1.807) is 20.3 Å². The number of rotatable bonds is 6. The molecule has 0 radical (unpaired) electrons. The van der Waals surface area contributed by atoms with Crippen molar-refractivity contribution < 1.29 is 13.9 Å². The molecule has 0 aliphatic heterocycles. The summed E-state index contributed by atoms with van der Waals surface area (Å²) in [6.45, 7) is 0. The van der Waals surface area contributed by atoms with Crippen molar-refractivity contribution in [2.45, 2.75) is 6.42 Å². The number of methoxy groups -OCH3 is 2. The second kappa shape index (κ2) is 7.46. The van der Waals surface area contributed by atoms with Crippen molar-refractivity contribution >= 4 is 12.2 Å². The molecule has 0 bridgehead atoms. The summed E-state index contributed by atoms with van der Waals surface area (Å²) >= 11 is 0. The largest absolute Gasteiger partial charge is 0.497 e. The van der Waals surface area contributed by atoms with Gasteiger partial charge in [0.2, 0.25) is 11.8 Å². The summed E-state index contributed by atoms with van der Waals surface area (Å²) in [5.41, 5.74) is 2.04. The van der Waals surface area contributed by atoms with Crippen molar-refractivity contribution in [3.05, 3.63) is 71.4 Å². The first kappa shape index (κ1) is 15.8. The molecule has 1 heterocycles. The van der Waals surface area contributed by atoms with Crippen LogP contribution in [0, 0.1) is 0 Å². The lowest BCUT2D eigenvalue weighted by molar-refractivity contribution is 0.414. The summed E-state index contributed by atoms with van der Waals surface area (Å²) in [4.78, 5) is 0. The minimum absolute atomic E-state index is 0.462. The van der Waals surface area contributed by atoms with Gasteiger partial charge in [-0.1, -0.05) is 30.3 Å². The van der Waals surface area contributed by atoms with E-state index >= 15 is 0 Å². The summed E-state index contributed by atoms with van der Waals surface area (Å²) in [6, 6.07) is 15.5. The van der Waals surface area contributed by atoms with Gasteiger partial charge in [0.25, 0.3) is 0 Å². The maximum absolute atomic E-state index is 5.66. The van der Waals surface area contributed by atoms with Crippen LogP contribution in [0.2, 0.25) is 0 Å². The molecule has 3 rings (SSSR count). The summed E-state index contributed by atoms with van der Waals surface area (Å²) in [5.74, 6) is 2.65. The SMILES string of the molecule is COc1ccc(Cc2nnc(C=Cc3ccccc3OC)o2)cc1. The van der Waals surface area contributed by atoms with Crippen LogP contribution >= 0.6 is 0 Å². The monoisotopic (exact) mass is 322 g/mol. The lowest BCUT2D eigenvalue weighted by Gasteiger charge is -2.02. The van der Waals surface area contributed by atoms with Crippen molar-refractivity contribution in [3.63, 3.8) is 0 Å². The van der Waals surface area contributed by atoms with Gasteiger partial charge in [0, 0.05) is 11.6 Å². The summed E-state index contributed by atoms with van der Waals surface area (Å²) in [5, 5.41) is 8.13. The average Bonchev–Trinajstić information content (AvgIpc) is 3.08. The first-order chi connectivity index (χ1) is 11.8. The van der Waals surface area contributed by atoms with E-state index < -0.39 is 0 Å². The highest BCUT2D eigenvalue weighted by molar-refractivity contribution is 5.69. The molecular formula is C19H18N2O3. The first-order valence-electron chi connectivity index (χ1n) is 7.55. The predicted octanol–water partition coefficient (Wildman–Crippen LogP) is 3.85. The molecule has 0 saturated heterocycles. The lowest BCUT2D eigenvalue weighted by atomic mass is 10.1. The van der Waals surface area contributed by atoms with Gasteiger partial charge in [-0.05, 0) is 29.8 Å². The van der Waals surface area contributed by atoms with E-state index in [-0.39, 0.29) is 0 Å². The molecule has 0 saturated carbocycles. The van der Waals surface area contributed by atoms with Crippen molar-refractivity contribution in [3.8, 4) is 11.5 Å². The average molecular weight is 322 g/mol. The molecule has 0 atom stereocenters. The zero-order valence-corrected chi connectivity index (χ0v) is 13.6. The zero-order chi connectivity index (χ0) is 16.8. The topological polar surface area (TPSA) is 57.4 Å². The van der Waals surface area contributed by atoms with Gasteiger partial charge in [0.1, 0.15) is 11.5 Å². The first-order valence-corrected chi connectivity index (χ1v) is 7.55. The maximum Gasteiger partial charge on any atom is 0.240 e. The number of para-hydroxylation sites is 1. The zero-order valence-electron chi connectivity index (χ0n) is 13.6. The fourth-order valence-corrected chi connectivity index (χ4v) is 2.29. The van der Waals surface area contributed by atoms with Gasteiger partial charge in [-0.15, -0.1) is 10.2 Å². The number of aromatic nitrogens is 2. The van der Waals surface area contributed by atoms with Gasteiger partial charge < -0.3 is 13.9 Å². The normalized spacial score (nSPS) is 10.9. The van der Waals surface area contributed by atoms with E-state index in [0.29, 0.717) is 18.2 Å². The summed E-state index contributed by atoms with van der Waals surface area (Å²) < 4.78 is 16.1. The second-order valence-corrected chi connectivity index (χ2v) is 5.13. The highest BCUT2D eigenvalue weighted by atomic mass is 16.5. The molecule has 0 spiro atoms. The van der Waals surface area contributed by atoms with E-state index in [9.17, 15) is 0 Å². The van der Waals surface area contributed by atoms with E-state index in [1.807, 2.05) is 54.6 Å². The van der Waals surface area contributed by atoms with Crippen LogP contribution in [0.5, 0.6) is 11.5 Å². The fourth-order valence-electron chi connectivity index (χ4n) is 2.29. The molecule has 0 aliphatic rings. The number of ether oxygens (including phenoxy) is 2. The minimum atomic E-state index is 0.462. The van der Waals surface area contributed by atoms with Gasteiger partial charge >= 0.3 is 0 Å². The van der Waals surface area contributed by atoms with Gasteiger partial charge in [0.05, 0.1) is 20.6 Å². The van der Waals surface area contributed by atoms with E-state index in [0.717, 1.165) is 22.6 Å². The van der Waals surface area contributed by atoms with Crippen molar-refractivity contribution in [1.82, 2.24) is 10.2 Å². The molecule has 24 heavy (non-hydrogen) atoms. The van der Waals surface area contributed by atoms with Crippen LogP contribution in [0.15, 0.2) is 52.9 Å². The highest BCUT2D eigenvalue weighted by Crippen LogP contribution is 2.20. The smallest absolute Gasteiger partial charge is 0.240 e. The molecule has 0 aliphatic carbocycles. The molecule has 3 aromatic rings. The lowest BCUT2D eigenvalue weighted by Crippen LogP contribution is -1.89. The van der Waals surface area contributed by atoms with Crippen LogP contribution in [0.4, 0.5) is 0 Å². The Morgan fingerprint density at radius 2 is 1.71 bits per heavy atom. The Kier molecular flexibility index (Phi) is 4.91. The Morgan fingerprint density at radius 3 is 2.46 bits per heavy atom. The van der Waals surface area contributed by atoms with E-state index in [4.69, 9.17) is 13.9 Å². The van der Waals surface area contributed by atoms with Crippen LogP contribution in [0.1, 0.15) is 22.9 Å². The number of benzene rings is 2. The maximum atomic E-state index is 5.66. The third-order valence-corrected chi connectivity index (χ3v) is 3.54. The number of nitrogens with zero attached hydrogens (tertiary/aromatic N) is 2. The quantitative estimate of drug-likeness (QED) is 0.690. The molecule has 0 fully saturated rings. The molecule has 122 valence electrons. The molecule has 0 N–H and O–H groups in total. The molecule has 2 aromatic carbocycles. The standard InChI is InChI=1S/C19H18N2O3/c1-22-16-10-7-14(8-11-16)13-19-21-20-18(24-19)12-9-15-5-3-4-6-17(15)23-2/h3-12H,13H2,1-2H3.